The van der Waals surface area contributed by atoms with Crippen LogP contribution >= 0.6 is 0 Å². The van der Waals surface area contributed by atoms with Crippen molar-refractivity contribution in [3.05, 3.63) is 148 Å². The zero-order chi connectivity index (χ0) is 32.2. The summed E-state index contributed by atoms with van der Waals surface area (Å²) in [5.41, 5.74) is 18.5. The van der Waals surface area contributed by atoms with Crippen LogP contribution in [0.1, 0.15) is 34.8 Å². The van der Waals surface area contributed by atoms with Crippen LogP contribution in [0.5, 0.6) is 5.75 Å². The highest BCUT2D eigenvalue weighted by molar-refractivity contribution is 6.01. The molecule has 10 nitrogen and oxygen atoms in total. The minimum atomic E-state index is -1.44. The van der Waals surface area contributed by atoms with Crippen molar-refractivity contribution >= 4 is 11.8 Å². The molecule has 0 fully saturated rings. The summed E-state index contributed by atoms with van der Waals surface area (Å²) in [6.45, 7) is 4.65. The van der Waals surface area contributed by atoms with Gasteiger partial charge in [-0.15, -0.1) is 6.58 Å². The lowest BCUT2D eigenvalue weighted by molar-refractivity contribution is -0.129. The molecule has 4 aromatic rings. The lowest BCUT2D eigenvalue weighted by Crippen LogP contribution is -2.54. The molecule has 1 aliphatic heterocycles. The molecule has 0 unspecified atom stereocenters. The average molecular weight is 617 g/mol. The molecular weight excluding hydrogens is 580 g/mol. The summed E-state index contributed by atoms with van der Waals surface area (Å²) in [5, 5.41) is 12.9. The van der Waals surface area contributed by atoms with E-state index in [0.717, 1.165) is 27.8 Å². The molecule has 2 atom stereocenters. The number of azide groups is 1. The first-order valence-electron chi connectivity index (χ1n) is 15.1. The Morgan fingerprint density at radius 1 is 0.978 bits per heavy atom. The highest BCUT2D eigenvalue weighted by Crippen LogP contribution is 2.43. The number of aliphatic imine (C=N–C) groups is 1. The molecule has 5 rings (SSSR count). The first-order chi connectivity index (χ1) is 22.6. The van der Waals surface area contributed by atoms with Crippen molar-refractivity contribution in [3.8, 4) is 16.9 Å². The van der Waals surface area contributed by atoms with E-state index in [1.165, 1.54) is 0 Å². The largest absolute Gasteiger partial charge is 0.494 e. The maximum absolute atomic E-state index is 14.3. The summed E-state index contributed by atoms with van der Waals surface area (Å²) < 4.78 is 12.3. The summed E-state index contributed by atoms with van der Waals surface area (Å²) in [5.74, 6) is 0.572. The summed E-state index contributed by atoms with van der Waals surface area (Å²) >= 11 is 0. The van der Waals surface area contributed by atoms with Gasteiger partial charge in [-0.1, -0.05) is 90.1 Å². The fraction of sp³-hybridized carbons (Fsp3) is 0.222. The lowest BCUT2D eigenvalue weighted by Gasteiger charge is -2.31. The number of hydrogen-bond acceptors (Lipinski definition) is 7. The molecule has 3 N–H and O–H groups in total. The number of nitrogens with one attached hydrogen (secondary N) is 2. The van der Waals surface area contributed by atoms with Gasteiger partial charge in [0.2, 0.25) is 5.90 Å². The van der Waals surface area contributed by atoms with Gasteiger partial charge in [-0.05, 0) is 57.6 Å². The second-order valence-electron chi connectivity index (χ2n) is 10.7. The van der Waals surface area contributed by atoms with Crippen LogP contribution in [0.25, 0.3) is 21.6 Å². The second kappa shape index (κ2) is 15.5. The Hall–Kier alpha value is -5.41. The van der Waals surface area contributed by atoms with Crippen LogP contribution in [-0.2, 0) is 22.5 Å². The molecular formula is C36H36N6O4. The van der Waals surface area contributed by atoms with Crippen molar-refractivity contribution < 1.29 is 19.4 Å². The maximum Gasteiger partial charge on any atom is 0.266 e. The molecule has 46 heavy (non-hydrogen) atoms. The van der Waals surface area contributed by atoms with Gasteiger partial charge in [-0.25, -0.2) is 10.4 Å². The van der Waals surface area contributed by atoms with Crippen LogP contribution in [-0.4, -0.2) is 42.2 Å². The summed E-state index contributed by atoms with van der Waals surface area (Å²) in [4.78, 5) is 22.3. The van der Waals surface area contributed by atoms with E-state index in [9.17, 15) is 4.79 Å². The van der Waals surface area contributed by atoms with Gasteiger partial charge in [0.1, 0.15) is 5.75 Å². The third-order valence-corrected chi connectivity index (χ3v) is 7.68. The summed E-state index contributed by atoms with van der Waals surface area (Å²) in [6.07, 6.45) is 1.54. The standard InChI is InChI=1S/C36H36N6O4/c1-2-21-38-41-35(44)36(24-30-11-6-7-12-31(30)25-39-42-37)33(28-15-13-27(14-16-28)26-9-4-3-5-10-26)46-34(40-36)29-17-19-32(20-18-29)45-23-8-22-43/h2-7,9-20,33,38,43H,1,8,21-25H2,(H,41,44)/t33-,36-/m0/s1. The number of hydrogen-bond donors (Lipinski definition) is 3. The molecule has 1 amide bonds. The highest BCUT2D eigenvalue weighted by Gasteiger charge is 2.53. The van der Waals surface area contributed by atoms with Gasteiger partial charge in [0.15, 0.2) is 11.6 Å². The van der Waals surface area contributed by atoms with Crippen molar-refractivity contribution in [2.24, 2.45) is 10.1 Å². The quantitative estimate of drug-likeness (QED) is 0.0363. The van der Waals surface area contributed by atoms with E-state index in [1.54, 1.807) is 6.08 Å². The molecule has 0 aliphatic carbocycles. The van der Waals surface area contributed by atoms with Gasteiger partial charge >= 0.3 is 0 Å². The number of carbonyl (C=O) groups is 1. The molecule has 0 saturated carbocycles. The third kappa shape index (κ3) is 7.44. The normalized spacial score (nSPS) is 16.9. The topological polar surface area (TPSA) is 141 Å². The lowest BCUT2D eigenvalue weighted by atomic mass is 9.80. The molecule has 0 bridgehead atoms. The molecule has 1 heterocycles. The smallest absolute Gasteiger partial charge is 0.266 e. The number of aliphatic hydroxyl groups excluding tert-OH is 1. The number of benzene rings is 4. The van der Waals surface area contributed by atoms with Crippen molar-refractivity contribution in [3.63, 3.8) is 0 Å². The Bertz CT molecular complexity index is 1700. The summed E-state index contributed by atoms with van der Waals surface area (Å²) in [6, 6.07) is 32.8. The van der Waals surface area contributed by atoms with E-state index >= 15 is 0 Å². The van der Waals surface area contributed by atoms with Crippen molar-refractivity contribution in [1.82, 2.24) is 10.9 Å². The molecule has 0 saturated heterocycles. The van der Waals surface area contributed by atoms with Gasteiger partial charge in [-0.2, -0.15) is 0 Å². The average Bonchev–Trinajstić information content (AvgIpc) is 3.49. The number of amides is 1. The molecule has 234 valence electrons. The van der Waals surface area contributed by atoms with Crippen LogP contribution in [0.4, 0.5) is 0 Å². The van der Waals surface area contributed by atoms with Crippen LogP contribution in [0.2, 0.25) is 0 Å². The number of carbonyl (C=O) groups excluding carboxylic acids is 1. The minimum Gasteiger partial charge on any atom is -0.494 e. The fourth-order valence-corrected chi connectivity index (χ4v) is 5.36. The Kier molecular flexibility index (Phi) is 10.8. The van der Waals surface area contributed by atoms with Gasteiger partial charge in [0, 0.05) is 36.5 Å². The highest BCUT2D eigenvalue weighted by atomic mass is 16.5. The van der Waals surface area contributed by atoms with E-state index in [-0.39, 0.29) is 25.5 Å². The van der Waals surface area contributed by atoms with Gasteiger partial charge in [-0.3, -0.25) is 10.2 Å². The minimum absolute atomic E-state index is 0.0498. The van der Waals surface area contributed by atoms with E-state index < -0.39 is 11.6 Å². The van der Waals surface area contributed by atoms with Gasteiger partial charge < -0.3 is 14.6 Å². The van der Waals surface area contributed by atoms with Crippen LogP contribution < -0.4 is 15.6 Å². The number of nitrogens with zero attached hydrogens (tertiary/aromatic N) is 4. The van der Waals surface area contributed by atoms with Crippen LogP contribution in [0.3, 0.4) is 0 Å². The van der Waals surface area contributed by atoms with Crippen LogP contribution in [0.15, 0.2) is 126 Å². The first kappa shape index (κ1) is 32.0. The monoisotopic (exact) mass is 616 g/mol. The van der Waals surface area contributed by atoms with Gasteiger partial charge in [0.25, 0.3) is 5.91 Å². The molecule has 0 radical (unpaired) electrons. The Labute approximate surface area is 268 Å². The SMILES string of the molecule is C=CCNNC(=O)[C@@]1(Cc2ccccc2CN=[N+]=[N-])N=C(c2ccc(OCCCO)cc2)O[C@H]1c1ccc(-c2ccccc2)cc1. The molecule has 10 heteroatoms. The number of rotatable bonds is 15. The fourth-order valence-electron chi connectivity index (χ4n) is 5.36. The Morgan fingerprint density at radius 3 is 2.35 bits per heavy atom. The molecule has 0 aromatic heterocycles. The Morgan fingerprint density at radius 2 is 1.65 bits per heavy atom. The van der Waals surface area contributed by atoms with Crippen molar-refractivity contribution in [1.29, 1.82) is 0 Å². The van der Waals surface area contributed by atoms with E-state index in [1.807, 2.05) is 103 Å². The third-order valence-electron chi connectivity index (χ3n) is 7.68. The zero-order valence-corrected chi connectivity index (χ0v) is 25.4. The number of aliphatic hydroxyl groups is 1. The Balaban J connectivity index is 1.59. The number of hydrazine groups is 1. The maximum atomic E-state index is 14.3. The summed E-state index contributed by atoms with van der Waals surface area (Å²) in [7, 11) is 0. The predicted molar refractivity (Wildman–Crippen MR) is 178 cm³/mol. The van der Waals surface area contributed by atoms with Crippen LogP contribution in [0, 0.1) is 0 Å². The predicted octanol–water partition coefficient (Wildman–Crippen LogP) is 6.23. The van der Waals surface area contributed by atoms with Crippen molar-refractivity contribution in [2.45, 2.75) is 31.0 Å². The van der Waals surface area contributed by atoms with E-state index in [4.69, 9.17) is 25.1 Å². The van der Waals surface area contributed by atoms with E-state index in [2.05, 4.69) is 27.5 Å². The molecule has 4 aromatic carbocycles. The van der Waals surface area contributed by atoms with Gasteiger partial charge in [0.05, 0.1) is 13.2 Å². The second-order valence-corrected chi connectivity index (χ2v) is 10.7. The zero-order valence-electron chi connectivity index (χ0n) is 25.4. The van der Waals surface area contributed by atoms with Crippen molar-refractivity contribution in [2.75, 3.05) is 19.8 Å². The van der Waals surface area contributed by atoms with E-state index in [0.29, 0.717) is 36.8 Å². The first-order valence-corrected chi connectivity index (χ1v) is 15.1. The number of ether oxygens (including phenoxy) is 2. The molecule has 0 spiro atoms. The molecule has 1 aliphatic rings.